The zero-order valence-electron chi connectivity index (χ0n) is 16.3. The molecule has 0 aromatic heterocycles. The topological polar surface area (TPSA) is 58.2 Å². The molecule has 2 saturated carbocycles. The maximum atomic E-state index is 14.9. The quantitative estimate of drug-likeness (QED) is 0.647. The minimum Gasteiger partial charge on any atom is -0.359 e. The van der Waals surface area contributed by atoms with E-state index in [0.717, 1.165) is 38.2 Å². The van der Waals surface area contributed by atoms with Gasteiger partial charge in [-0.25, -0.2) is 8.78 Å². The van der Waals surface area contributed by atoms with Crippen LogP contribution in [0.5, 0.6) is 0 Å². The Labute approximate surface area is 169 Å². The van der Waals surface area contributed by atoms with Gasteiger partial charge in [0.2, 0.25) is 11.8 Å². The lowest BCUT2D eigenvalue weighted by atomic mass is 9.74. The van der Waals surface area contributed by atoms with Crippen molar-refractivity contribution in [1.82, 2.24) is 10.6 Å². The van der Waals surface area contributed by atoms with Crippen LogP contribution in [0.4, 0.5) is 8.78 Å². The van der Waals surface area contributed by atoms with Crippen LogP contribution >= 0.6 is 11.6 Å². The van der Waals surface area contributed by atoms with Crippen molar-refractivity contribution in [2.24, 2.45) is 17.3 Å². The smallest absolute Gasteiger partial charge is 0.224 e. The molecule has 1 aromatic carbocycles. The minimum atomic E-state index is -0.809. The van der Waals surface area contributed by atoms with E-state index in [4.69, 9.17) is 11.6 Å². The van der Waals surface area contributed by atoms with Crippen molar-refractivity contribution in [2.45, 2.75) is 57.9 Å². The molecule has 2 atom stereocenters. The number of benzene rings is 1. The van der Waals surface area contributed by atoms with Gasteiger partial charge in [-0.1, -0.05) is 18.5 Å². The summed E-state index contributed by atoms with van der Waals surface area (Å²) in [6.45, 7) is 1.82. The van der Waals surface area contributed by atoms with Crippen LogP contribution in [0.15, 0.2) is 12.1 Å². The van der Waals surface area contributed by atoms with Gasteiger partial charge in [-0.05, 0) is 62.0 Å². The van der Waals surface area contributed by atoms with Crippen molar-refractivity contribution in [3.05, 3.63) is 34.4 Å². The number of hydrogen-bond donors (Lipinski definition) is 2. The van der Waals surface area contributed by atoms with E-state index in [1.54, 1.807) is 0 Å². The number of amides is 2. The number of rotatable bonds is 7. The van der Waals surface area contributed by atoms with E-state index >= 15 is 0 Å². The second-order valence-corrected chi connectivity index (χ2v) is 8.60. The zero-order chi connectivity index (χ0) is 20.5. The number of hydrogen-bond acceptors (Lipinski definition) is 2. The van der Waals surface area contributed by atoms with Gasteiger partial charge < -0.3 is 10.6 Å². The second kappa shape index (κ2) is 8.36. The van der Waals surface area contributed by atoms with Crippen LogP contribution in [0.3, 0.4) is 0 Å². The lowest BCUT2D eigenvalue weighted by molar-refractivity contribution is -0.131. The largest absolute Gasteiger partial charge is 0.359 e. The third-order valence-electron chi connectivity index (χ3n) is 6.64. The van der Waals surface area contributed by atoms with E-state index in [1.807, 2.05) is 6.92 Å². The Morgan fingerprint density at radius 3 is 2.50 bits per heavy atom. The van der Waals surface area contributed by atoms with E-state index in [-0.39, 0.29) is 34.2 Å². The Kier molecular flexibility index (Phi) is 6.28. The molecular formula is C21H27ClF2N2O2. The molecule has 0 heterocycles. The van der Waals surface area contributed by atoms with Gasteiger partial charge >= 0.3 is 0 Å². The van der Waals surface area contributed by atoms with Gasteiger partial charge in [0.1, 0.15) is 11.6 Å². The molecule has 7 heteroatoms. The normalized spacial score (nSPS) is 25.4. The lowest BCUT2D eigenvalue weighted by Gasteiger charge is -2.38. The average Bonchev–Trinajstić information content (AvgIpc) is 3.30. The van der Waals surface area contributed by atoms with Crippen molar-refractivity contribution < 1.29 is 18.4 Å². The number of nitrogens with one attached hydrogen (secondary N) is 2. The molecule has 2 N–H and O–H groups in total. The summed E-state index contributed by atoms with van der Waals surface area (Å²) in [5.41, 5.74) is -0.518. The van der Waals surface area contributed by atoms with Crippen LogP contribution in [0.1, 0.15) is 63.5 Å². The van der Waals surface area contributed by atoms with Crippen LogP contribution < -0.4 is 10.6 Å². The lowest BCUT2D eigenvalue weighted by Crippen LogP contribution is -2.43. The average molecular weight is 413 g/mol. The number of fused-ring (bicyclic) bond motifs is 2. The number of carbonyl (C=O) groups excluding carboxylic acids is 2. The van der Waals surface area contributed by atoms with Crippen molar-refractivity contribution in [3.63, 3.8) is 0 Å². The Morgan fingerprint density at radius 1 is 1.29 bits per heavy atom. The summed E-state index contributed by atoms with van der Waals surface area (Å²) in [5.74, 6) is -2.11. The van der Waals surface area contributed by atoms with Crippen LogP contribution in [-0.4, -0.2) is 18.9 Å². The molecule has 2 aliphatic rings. The molecule has 0 spiro atoms. The molecule has 28 heavy (non-hydrogen) atoms. The zero-order valence-corrected chi connectivity index (χ0v) is 17.0. The standard InChI is InChI=1S/C21H27ClF2N2O2/c1-3-13(10-16(27)25-2)20(28)26-19(21-8-6-12(11-21)7-9-21)17-15(23)5-4-14(22)18(17)24/h4-5,12-13,19H,3,6-11H2,1-2H3,(H,25,27)(H,26,28)/t12?,13-,19?,21?/m1/s1. The van der Waals surface area contributed by atoms with Crippen molar-refractivity contribution >= 4 is 23.4 Å². The van der Waals surface area contributed by atoms with Gasteiger partial charge in [-0.3, -0.25) is 9.59 Å². The fourth-order valence-electron chi connectivity index (χ4n) is 4.99. The van der Waals surface area contributed by atoms with Crippen molar-refractivity contribution in [2.75, 3.05) is 7.05 Å². The Bertz CT molecular complexity index is 763. The first-order valence-electron chi connectivity index (χ1n) is 9.95. The highest BCUT2D eigenvalue weighted by atomic mass is 35.5. The minimum absolute atomic E-state index is 0.0433. The molecule has 0 aliphatic heterocycles. The molecule has 3 rings (SSSR count). The maximum Gasteiger partial charge on any atom is 0.224 e. The summed E-state index contributed by atoms with van der Waals surface area (Å²) in [6, 6.07) is 1.56. The summed E-state index contributed by atoms with van der Waals surface area (Å²) < 4.78 is 29.6. The second-order valence-electron chi connectivity index (χ2n) is 8.19. The van der Waals surface area contributed by atoms with Gasteiger partial charge in [0, 0.05) is 24.9 Å². The predicted octanol–water partition coefficient (Wildman–Crippen LogP) is 4.52. The molecule has 2 fully saturated rings. The summed E-state index contributed by atoms with van der Waals surface area (Å²) >= 11 is 5.94. The molecule has 154 valence electrons. The first kappa shape index (κ1) is 21.0. The number of halogens is 3. The predicted molar refractivity (Wildman–Crippen MR) is 104 cm³/mol. The molecule has 4 nitrogen and oxygen atoms in total. The monoisotopic (exact) mass is 412 g/mol. The van der Waals surface area contributed by atoms with E-state index in [1.165, 1.54) is 13.1 Å². The highest BCUT2D eigenvalue weighted by Crippen LogP contribution is 2.60. The SMILES string of the molecule is CC[C@H](CC(=O)NC)C(=O)NC(c1c(F)ccc(Cl)c1F)C12CCC(CC1)C2. The van der Waals surface area contributed by atoms with Gasteiger partial charge in [0.25, 0.3) is 0 Å². The summed E-state index contributed by atoms with van der Waals surface area (Å²) in [6.07, 6.45) is 5.00. The van der Waals surface area contributed by atoms with E-state index < -0.39 is 23.6 Å². The summed E-state index contributed by atoms with van der Waals surface area (Å²) in [5, 5.41) is 5.29. The van der Waals surface area contributed by atoms with Crippen LogP contribution in [0.25, 0.3) is 0 Å². The van der Waals surface area contributed by atoms with E-state index in [9.17, 15) is 18.4 Å². The summed E-state index contributed by atoms with van der Waals surface area (Å²) in [7, 11) is 1.52. The Balaban J connectivity index is 1.95. The number of carbonyl (C=O) groups is 2. The maximum absolute atomic E-state index is 14.9. The van der Waals surface area contributed by atoms with Crippen molar-refractivity contribution in [1.29, 1.82) is 0 Å². The van der Waals surface area contributed by atoms with Crippen LogP contribution in [0.2, 0.25) is 5.02 Å². The van der Waals surface area contributed by atoms with E-state index in [0.29, 0.717) is 12.3 Å². The first-order valence-corrected chi connectivity index (χ1v) is 10.3. The third-order valence-corrected chi connectivity index (χ3v) is 6.93. The van der Waals surface area contributed by atoms with Crippen LogP contribution in [-0.2, 0) is 9.59 Å². The molecular weight excluding hydrogens is 386 g/mol. The van der Waals surface area contributed by atoms with Gasteiger partial charge in [0.15, 0.2) is 0 Å². The fraction of sp³-hybridized carbons (Fsp3) is 0.619. The van der Waals surface area contributed by atoms with Gasteiger partial charge in [-0.15, -0.1) is 0 Å². The van der Waals surface area contributed by atoms with Gasteiger partial charge in [0.05, 0.1) is 11.1 Å². The Hall–Kier alpha value is -1.69. The first-order chi connectivity index (χ1) is 13.3. The molecule has 2 bridgehead atoms. The van der Waals surface area contributed by atoms with E-state index in [2.05, 4.69) is 10.6 Å². The van der Waals surface area contributed by atoms with Crippen LogP contribution in [0, 0.1) is 28.9 Å². The molecule has 0 radical (unpaired) electrons. The van der Waals surface area contributed by atoms with Gasteiger partial charge in [-0.2, -0.15) is 0 Å². The molecule has 1 aromatic rings. The third kappa shape index (κ3) is 3.88. The Morgan fingerprint density at radius 2 is 1.96 bits per heavy atom. The molecule has 0 saturated heterocycles. The summed E-state index contributed by atoms with van der Waals surface area (Å²) in [4.78, 5) is 24.7. The molecule has 2 aliphatic carbocycles. The molecule has 1 unspecified atom stereocenters. The highest BCUT2D eigenvalue weighted by molar-refractivity contribution is 6.30. The van der Waals surface area contributed by atoms with Crippen molar-refractivity contribution in [3.8, 4) is 0 Å². The molecule has 2 amide bonds. The highest BCUT2D eigenvalue weighted by Gasteiger charge is 2.52. The fourth-order valence-corrected chi connectivity index (χ4v) is 5.15.